The second kappa shape index (κ2) is 13.0. The lowest BCUT2D eigenvalue weighted by molar-refractivity contribution is -0.0721. The fraction of sp³-hybridized carbons (Fsp3) is 0.720. The number of likely N-dealkylation sites (tertiary alicyclic amines) is 1. The summed E-state index contributed by atoms with van der Waals surface area (Å²) in [5, 5.41) is 3.49. The normalized spacial score (nSPS) is 21.6. The highest BCUT2D eigenvalue weighted by Crippen LogP contribution is 2.28. The van der Waals surface area contributed by atoms with Crippen LogP contribution in [0.2, 0.25) is 0 Å². The lowest BCUT2D eigenvalue weighted by Crippen LogP contribution is -2.47. The van der Waals surface area contributed by atoms with Gasteiger partial charge >= 0.3 is 0 Å². The van der Waals surface area contributed by atoms with Gasteiger partial charge in [0.2, 0.25) is 0 Å². The number of hydrogen-bond donors (Lipinski definition) is 1. The maximum absolute atomic E-state index is 6.19. The van der Waals surface area contributed by atoms with Crippen LogP contribution in [0.1, 0.15) is 50.6 Å². The second-order valence-electron chi connectivity index (χ2n) is 8.92. The first-order valence-corrected chi connectivity index (χ1v) is 12.2. The summed E-state index contributed by atoms with van der Waals surface area (Å²) in [6, 6.07) is 8.37. The van der Waals surface area contributed by atoms with Crippen molar-refractivity contribution < 1.29 is 14.2 Å². The maximum Gasteiger partial charge on any atom is 0.193 e. The number of nitrogens with one attached hydrogen (secondary N) is 1. The molecule has 2 aliphatic rings. The maximum atomic E-state index is 6.19. The highest BCUT2D eigenvalue weighted by molar-refractivity contribution is 5.80. The van der Waals surface area contributed by atoms with Gasteiger partial charge < -0.3 is 29.3 Å². The Bertz CT molecular complexity index is 698. The number of guanidine groups is 1. The summed E-state index contributed by atoms with van der Waals surface area (Å²) in [4.78, 5) is 9.61. The van der Waals surface area contributed by atoms with Crippen LogP contribution in [-0.4, -0.2) is 88.6 Å². The largest absolute Gasteiger partial charge is 0.496 e. The van der Waals surface area contributed by atoms with Crippen molar-refractivity contribution in [3.05, 3.63) is 29.8 Å². The highest BCUT2D eigenvalue weighted by atomic mass is 16.5. The Kier molecular flexibility index (Phi) is 10.1. The van der Waals surface area contributed by atoms with Crippen molar-refractivity contribution in [1.82, 2.24) is 15.1 Å². The average Bonchev–Trinajstić information content (AvgIpc) is 2.83. The molecule has 0 spiro atoms. The van der Waals surface area contributed by atoms with Crippen molar-refractivity contribution in [2.24, 2.45) is 4.99 Å². The summed E-state index contributed by atoms with van der Waals surface area (Å²) in [7, 11) is 5.92. The number of hydrogen-bond acceptors (Lipinski definition) is 5. The molecule has 32 heavy (non-hydrogen) atoms. The van der Waals surface area contributed by atoms with E-state index in [1.165, 1.54) is 12.8 Å². The van der Waals surface area contributed by atoms with Crippen LogP contribution in [0, 0.1) is 0 Å². The van der Waals surface area contributed by atoms with Crippen molar-refractivity contribution in [2.45, 2.75) is 57.3 Å². The molecule has 2 saturated heterocycles. The predicted molar refractivity (Wildman–Crippen MR) is 130 cm³/mol. The van der Waals surface area contributed by atoms with Gasteiger partial charge in [0.05, 0.1) is 38.5 Å². The molecule has 3 rings (SSSR count). The van der Waals surface area contributed by atoms with Crippen LogP contribution in [0.25, 0.3) is 0 Å². The van der Waals surface area contributed by atoms with Crippen LogP contribution in [0.3, 0.4) is 0 Å². The van der Waals surface area contributed by atoms with Crippen LogP contribution in [-0.2, 0) is 9.47 Å². The monoisotopic (exact) mass is 446 g/mol. The standard InChI is InChI=1S/C25H42N4O3/c1-5-26-25(27-18-23(28(2)3)22-11-6-7-12-24(22)30-4)29-15-13-20(14-16-29)32-19-21-10-8-9-17-31-21/h6-7,11-12,20-21,23H,5,8-10,13-19H2,1-4H3,(H,26,27). The molecule has 0 saturated carbocycles. The van der Waals surface area contributed by atoms with Crippen LogP contribution in [0.5, 0.6) is 5.75 Å². The summed E-state index contributed by atoms with van der Waals surface area (Å²) in [6.07, 6.45) is 6.25. The molecule has 2 unspecified atom stereocenters. The van der Waals surface area contributed by atoms with Crippen LogP contribution < -0.4 is 10.1 Å². The Morgan fingerprint density at radius 3 is 2.66 bits per heavy atom. The van der Waals surface area contributed by atoms with Crippen LogP contribution in [0.4, 0.5) is 0 Å². The van der Waals surface area contributed by atoms with Crippen molar-refractivity contribution >= 4 is 5.96 Å². The van der Waals surface area contributed by atoms with E-state index in [1.54, 1.807) is 7.11 Å². The van der Waals surface area contributed by atoms with E-state index in [2.05, 4.69) is 48.3 Å². The van der Waals surface area contributed by atoms with Gasteiger partial charge in [0.15, 0.2) is 5.96 Å². The van der Waals surface area contributed by atoms with Crippen molar-refractivity contribution in [1.29, 1.82) is 0 Å². The minimum absolute atomic E-state index is 0.149. The molecule has 1 N–H and O–H groups in total. The van der Waals surface area contributed by atoms with E-state index in [0.29, 0.717) is 18.8 Å². The molecular formula is C25H42N4O3. The number of para-hydroxylation sites is 1. The number of ether oxygens (including phenoxy) is 3. The molecule has 0 aliphatic carbocycles. The van der Waals surface area contributed by atoms with E-state index in [4.69, 9.17) is 19.2 Å². The fourth-order valence-electron chi connectivity index (χ4n) is 4.50. The van der Waals surface area contributed by atoms with E-state index in [1.807, 2.05) is 12.1 Å². The summed E-state index contributed by atoms with van der Waals surface area (Å²) < 4.78 is 17.6. The van der Waals surface area contributed by atoms with Crippen LogP contribution in [0.15, 0.2) is 29.3 Å². The Morgan fingerprint density at radius 2 is 2.00 bits per heavy atom. The molecule has 0 radical (unpaired) electrons. The van der Waals surface area contributed by atoms with Gasteiger partial charge in [0.25, 0.3) is 0 Å². The number of likely N-dealkylation sites (N-methyl/N-ethyl adjacent to an activating group) is 1. The van der Waals surface area contributed by atoms with Gasteiger partial charge in [-0.15, -0.1) is 0 Å². The first-order chi connectivity index (χ1) is 15.6. The van der Waals surface area contributed by atoms with Gasteiger partial charge in [-0.2, -0.15) is 0 Å². The molecule has 2 atom stereocenters. The zero-order valence-electron chi connectivity index (χ0n) is 20.4. The van der Waals surface area contributed by atoms with E-state index >= 15 is 0 Å². The Balaban J connectivity index is 1.57. The minimum Gasteiger partial charge on any atom is -0.496 e. The summed E-state index contributed by atoms with van der Waals surface area (Å²) in [5.74, 6) is 1.90. The molecule has 1 aromatic rings. The Labute approximate surface area is 194 Å². The van der Waals surface area contributed by atoms with Gasteiger partial charge in [-0.05, 0) is 59.2 Å². The average molecular weight is 447 g/mol. The molecule has 0 amide bonds. The molecule has 7 heteroatoms. The minimum atomic E-state index is 0.149. The third kappa shape index (κ3) is 7.09. The molecule has 7 nitrogen and oxygen atoms in total. The number of benzene rings is 1. The topological polar surface area (TPSA) is 58.6 Å². The third-order valence-electron chi connectivity index (χ3n) is 6.40. The lowest BCUT2D eigenvalue weighted by Gasteiger charge is -2.35. The summed E-state index contributed by atoms with van der Waals surface area (Å²) in [6.45, 7) is 7.20. The Morgan fingerprint density at radius 1 is 1.22 bits per heavy atom. The van der Waals surface area contributed by atoms with Gasteiger partial charge in [-0.25, -0.2) is 0 Å². The molecule has 0 bridgehead atoms. The number of rotatable bonds is 9. The smallest absolute Gasteiger partial charge is 0.193 e. The lowest BCUT2D eigenvalue weighted by atomic mass is 10.0. The summed E-state index contributed by atoms with van der Waals surface area (Å²) in [5.41, 5.74) is 1.16. The number of piperidine rings is 1. The molecule has 2 aliphatic heterocycles. The SMILES string of the molecule is CCNC(=NCC(c1ccccc1OC)N(C)C)N1CCC(OCC2CCCCO2)CC1. The zero-order valence-corrected chi connectivity index (χ0v) is 20.4. The first-order valence-electron chi connectivity index (χ1n) is 12.2. The number of methoxy groups -OCH3 is 1. The molecular weight excluding hydrogens is 404 g/mol. The second-order valence-corrected chi connectivity index (χ2v) is 8.92. The van der Waals surface area contributed by atoms with Gasteiger partial charge in [0.1, 0.15) is 5.75 Å². The first kappa shape index (κ1) is 24.8. The predicted octanol–water partition coefficient (Wildman–Crippen LogP) is 3.31. The van der Waals surface area contributed by atoms with Crippen molar-refractivity contribution in [3.63, 3.8) is 0 Å². The van der Waals surface area contributed by atoms with E-state index < -0.39 is 0 Å². The molecule has 180 valence electrons. The van der Waals surface area contributed by atoms with E-state index in [0.717, 1.165) is 69.4 Å². The molecule has 2 heterocycles. The van der Waals surface area contributed by atoms with Crippen LogP contribution >= 0.6 is 0 Å². The summed E-state index contributed by atoms with van der Waals surface area (Å²) >= 11 is 0. The molecule has 2 fully saturated rings. The third-order valence-corrected chi connectivity index (χ3v) is 6.40. The van der Waals surface area contributed by atoms with Crippen molar-refractivity contribution in [2.75, 3.05) is 60.6 Å². The fourth-order valence-corrected chi connectivity index (χ4v) is 4.50. The van der Waals surface area contributed by atoms with Crippen molar-refractivity contribution in [3.8, 4) is 5.75 Å². The highest BCUT2D eigenvalue weighted by Gasteiger charge is 2.25. The molecule has 1 aromatic carbocycles. The molecule has 0 aromatic heterocycles. The quantitative estimate of drug-likeness (QED) is 0.464. The Hall–Kier alpha value is -1.83. The van der Waals surface area contributed by atoms with E-state index in [9.17, 15) is 0 Å². The van der Waals surface area contributed by atoms with E-state index in [-0.39, 0.29) is 6.04 Å². The zero-order chi connectivity index (χ0) is 22.8. The van der Waals surface area contributed by atoms with Gasteiger partial charge in [0, 0.05) is 31.8 Å². The van der Waals surface area contributed by atoms with Gasteiger partial charge in [-0.3, -0.25) is 4.99 Å². The number of aliphatic imine (C=N–C) groups is 1. The number of nitrogens with zero attached hydrogens (tertiary/aromatic N) is 3. The van der Waals surface area contributed by atoms with Gasteiger partial charge in [-0.1, -0.05) is 18.2 Å².